The Balaban J connectivity index is 1.85. The summed E-state index contributed by atoms with van der Waals surface area (Å²) in [6.07, 6.45) is 3.02. The van der Waals surface area contributed by atoms with Gasteiger partial charge in [0.25, 0.3) is 0 Å². The van der Waals surface area contributed by atoms with Crippen molar-refractivity contribution in [2.75, 3.05) is 0 Å². The highest BCUT2D eigenvalue weighted by Crippen LogP contribution is 2.22. The van der Waals surface area contributed by atoms with Crippen LogP contribution in [0.1, 0.15) is 15.4 Å². The van der Waals surface area contributed by atoms with Crippen LogP contribution in [0.25, 0.3) is 16.3 Å². The normalized spacial score (nSPS) is 11.2. The van der Waals surface area contributed by atoms with Crippen molar-refractivity contribution >= 4 is 33.4 Å². The maximum Gasteiger partial charge on any atom is 0.214 e. The summed E-state index contributed by atoms with van der Waals surface area (Å²) < 4.78 is 14.0. The van der Waals surface area contributed by atoms with Gasteiger partial charge in [-0.15, -0.1) is 11.3 Å². The molecule has 0 amide bonds. The summed E-state index contributed by atoms with van der Waals surface area (Å²) in [7, 11) is 0. The molecule has 0 saturated heterocycles. The molecule has 2 aromatic carbocycles. The molecular weight excluding hydrogens is 273 g/mol. The fourth-order valence-corrected chi connectivity index (χ4v) is 2.72. The van der Waals surface area contributed by atoms with Gasteiger partial charge in [0, 0.05) is 0 Å². The van der Waals surface area contributed by atoms with Crippen molar-refractivity contribution in [1.82, 2.24) is 4.98 Å². The average molecular weight is 283 g/mol. The third-order valence-electron chi connectivity index (χ3n) is 2.78. The highest BCUT2D eigenvalue weighted by molar-refractivity contribution is 7.20. The minimum Gasteiger partial charge on any atom is -0.287 e. The summed E-state index contributed by atoms with van der Waals surface area (Å²) in [4.78, 5) is 16.3. The molecule has 0 spiro atoms. The second-order valence-corrected chi connectivity index (χ2v) is 5.27. The standard InChI is InChI=1S/C16H10FNOS/c17-12-5-3-4-11(10-12)8-9-14(19)16-18-13-6-1-2-7-15(13)20-16/h1-10H/b9-8+. The molecule has 0 bridgehead atoms. The van der Waals surface area contributed by atoms with Crippen LogP contribution in [0.4, 0.5) is 4.39 Å². The van der Waals surface area contributed by atoms with Crippen LogP contribution in [0, 0.1) is 5.82 Å². The van der Waals surface area contributed by atoms with Gasteiger partial charge in [-0.3, -0.25) is 4.79 Å². The number of aromatic nitrogens is 1. The summed E-state index contributed by atoms with van der Waals surface area (Å²) >= 11 is 1.36. The Morgan fingerprint density at radius 3 is 2.80 bits per heavy atom. The van der Waals surface area contributed by atoms with Gasteiger partial charge < -0.3 is 0 Å². The maximum atomic E-state index is 13.0. The van der Waals surface area contributed by atoms with E-state index in [1.165, 1.54) is 29.5 Å². The number of benzene rings is 2. The number of nitrogens with zero attached hydrogens (tertiary/aromatic N) is 1. The Morgan fingerprint density at radius 1 is 1.15 bits per heavy atom. The fraction of sp³-hybridized carbons (Fsp3) is 0. The zero-order chi connectivity index (χ0) is 13.9. The van der Waals surface area contributed by atoms with E-state index >= 15 is 0 Å². The zero-order valence-corrected chi connectivity index (χ0v) is 11.2. The van der Waals surface area contributed by atoms with Gasteiger partial charge in [-0.1, -0.05) is 30.3 Å². The number of fused-ring (bicyclic) bond motifs is 1. The lowest BCUT2D eigenvalue weighted by Gasteiger charge is -1.92. The second kappa shape index (κ2) is 5.35. The van der Waals surface area contributed by atoms with Gasteiger partial charge >= 0.3 is 0 Å². The number of para-hydroxylation sites is 1. The van der Waals surface area contributed by atoms with E-state index in [4.69, 9.17) is 0 Å². The van der Waals surface area contributed by atoms with E-state index in [9.17, 15) is 9.18 Å². The topological polar surface area (TPSA) is 30.0 Å². The van der Waals surface area contributed by atoms with Crippen molar-refractivity contribution in [3.8, 4) is 0 Å². The van der Waals surface area contributed by atoms with E-state index in [2.05, 4.69) is 4.98 Å². The molecule has 0 fully saturated rings. The first-order valence-electron chi connectivity index (χ1n) is 6.06. The van der Waals surface area contributed by atoms with E-state index in [1.807, 2.05) is 24.3 Å². The number of ketones is 1. The molecule has 3 aromatic rings. The minimum absolute atomic E-state index is 0.171. The summed E-state index contributed by atoms with van der Waals surface area (Å²) in [5, 5.41) is 0.443. The Labute approximate surface area is 119 Å². The predicted molar refractivity (Wildman–Crippen MR) is 79.4 cm³/mol. The first-order valence-corrected chi connectivity index (χ1v) is 6.87. The lowest BCUT2D eigenvalue weighted by molar-refractivity contribution is 0.104. The van der Waals surface area contributed by atoms with Crippen LogP contribution in [-0.2, 0) is 0 Å². The second-order valence-electron chi connectivity index (χ2n) is 4.24. The third-order valence-corrected chi connectivity index (χ3v) is 3.83. The summed E-state index contributed by atoms with van der Waals surface area (Å²) in [6.45, 7) is 0. The molecule has 1 heterocycles. The van der Waals surface area contributed by atoms with Crippen LogP contribution >= 0.6 is 11.3 Å². The number of rotatable bonds is 3. The molecule has 20 heavy (non-hydrogen) atoms. The van der Waals surface area contributed by atoms with E-state index in [0.29, 0.717) is 10.6 Å². The maximum absolute atomic E-state index is 13.0. The number of carbonyl (C=O) groups excluding carboxylic acids is 1. The Kier molecular flexibility index (Phi) is 3.39. The molecular formula is C16H10FNOS. The first-order chi connectivity index (χ1) is 9.72. The van der Waals surface area contributed by atoms with Gasteiger partial charge in [-0.25, -0.2) is 9.37 Å². The average Bonchev–Trinajstić information content (AvgIpc) is 2.89. The molecule has 0 aliphatic rings. The zero-order valence-electron chi connectivity index (χ0n) is 10.4. The molecule has 0 N–H and O–H groups in total. The predicted octanol–water partition coefficient (Wildman–Crippen LogP) is 4.33. The van der Waals surface area contributed by atoms with Gasteiger partial charge in [0.15, 0.2) is 5.01 Å². The summed E-state index contributed by atoms with van der Waals surface area (Å²) in [5.74, 6) is -0.491. The summed E-state index contributed by atoms with van der Waals surface area (Å²) in [6, 6.07) is 13.7. The number of allylic oxidation sites excluding steroid dienone is 1. The van der Waals surface area contributed by atoms with Crippen LogP contribution < -0.4 is 0 Å². The van der Waals surface area contributed by atoms with E-state index in [-0.39, 0.29) is 11.6 Å². The van der Waals surface area contributed by atoms with Crippen molar-refractivity contribution in [2.24, 2.45) is 0 Å². The summed E-state index contributed by atoms with van der Waals surface area (Å²) in [5.41, 5.74) is 1.47. The molecule has 0 atom stereocenters. The van der Waals surface area contributed by atoms with E-state index in [1.54, 1.807) is 18.2 Å². The Hall–Kier alpha value is -2.33. The Bertz CT molecular complexity index is 774. The van der Waals surface area contributed by atoms with E-state index < -0.39 is 0 Å². The van der Waals surface area contributed by atoms with Crippen LogP contribution in [0.5, 0.6) is 0 Å². The van der Waals surface area contributed by atoms with Crippen LogP contribution in [0.3, 0.4) is 0 Å². The number of hydrogen-bond acceptors (Lipinski definition) is 3. The van der Waals surface area contributed by atoms with Gasteiger partial charge in [-0.2, -0.15) is 0 Å². The molecule has 98 valence electrons. The molecule has 0 unspecified atom stereocenters. The van der Waals surface area contributed by atoms with Crippen molar-refractivity contribution in [3.05, 3.63) is 71.0 Å². The number of halogens is 1. The largest absolute Gasteiger partial charge is 0.287 e. The van der Waals surface area contributed by atoms with E-state index in [0.717, 1.165) is 10.2 Å². The number of hydrogen-bond donors (Lipinski definition) is 0. The van der Waals surface area contributed by atoms with Crippen molar-refractivity contribution in [2.45, 2.75) is 0 Å². The first kappa shape index (κ1) is 12.7. The SMILES string of the molecule is O=C(/C=C/c1cccc(F)c1)c1nc2ccccc2s1. The van der Waals surface area contributed by atoms with Crippen molar-refractivity contribution in [3.63, 3.8) is 0 Å². The lowest BCUT2D eigenvalue weighted by atomic mass is 10.2. The molecule has 2 nitrogen and oxygen atoms in total. The van der Waals surface area contributed by atoms with Crippen LogP contribution in [-0.4, -0.2) is 10.8 Å². The molecule has 0 radical (unpaired) electrons. The smallest absolute Gasteiger partial charge is 0.214 e. The fourth-order valence-electron chi connectivity index (χ4n) is 1.83. The highest BCUT2D eigenvalue weighted by Gasteiger charge is 2.08. The molecule has 1 aromatic heterocycles. The van der Waals surface area contributed by atoms with Crippen molar-refractivity contribution < 1.29 is 9.18 Å². The molecule has 3 rings (SSSR count). The monoisotopic (exact) mass is 283 g/mol. The number of thiazole rings is 1. The molecule has 4 heteroatoms. The number of carbonyl (C=O) groups is 1. The minimum atomic E-state index is -0.320. The van der Waals surface area contributed by atoms with Crippen molar-refractivity contribution in [1.29, 1.82) is 0 Å². The molecule has 0 saturated carbocycles. The third kappa shape index (κ3) is 2.65. The van der Waals surface area contributed by atoms with Gasteiger partial charge in [0.1, 0.15) is 5.82 Å². The van der Waals surface area contributed by atoms with Gasteiger partial charge in [-0.05, 0) is 35.9 Å². The van der Waals surface area contributed by atoms with Gasteiger partial charge in [0.05, 0.1) is 10.2 Å². The van der Waals surface area contributed by atoms with Crippen LogP contribution in [0.15, 0.2) is 54.6 Å². The lowest BCUT2D eigenvalue weighted by Crippen LogP contribution is -1.92. The van der Waals surface area contributed by atoms with Gasteiger partial charge in [0.2, 0.25) is 5.78 Å². The highest BCUT2D eigenvalue weighted by atomic mass is 32.1. The Morgan fingerprint density at radius 2 is 2.00 bits per heavy atom. The molecule has 0 aliphatic heterocycles. The molecule has 0 aliphatic carbocycles. The quantitative estimate of drug-likeness (QED) is 0.529. The van der Waals surface area contributed by atoms with Crippen LogP contribution in [0.2, 0.25) is 0 Å².